The maximum Gasteiger partial charge on any atom is 0.167 e. The highest BCUT2D eigenvalue weighted by Crippen LogP contribution is 2.22. The number of Topliss-reactive ketones (excluding diaryl/α,β-unsaturated/α-hetero) is 1. The van der Waals surface area contributed by atoms with Crippen LogP contribution in [-0.4, -0.2) is 5.78 Å². The van der Waals surface area contributed by atoms with E-state index in [1.54, 1.807) is 0 Å². The van der Waals surface area contributed by atoms with E-state index in [4.69, 9.17) is 0 Å². The maximum absolute atomic E-state index is 12.4. The lowest BCUT2D eigenvalue weighted by Gasteiger charge is -2.15. The molecule has 0 fully saturated rings. The summed E-state index contributed by atoms with van der Waals surface area (Å²) in [6, 6.07) is 4.27. The summed E-state index contributed by atoms with van der Waals surface area (Å²) in [5, 5.41) is 0. The van der Waals surface area contributed by atoms with Crippen molar-refractivity contribution in [1.82, 2.24) is 0 Å². The molecule has 1 nitrogen and oxygen atoms in total. The summed E-state index contributed by atoms with van der Waals surface area (Å²) in [7, 11) is 0. The quantitative estimate of drug-likeness (QED) is 0.529. The van der Waals surface area contributed by atoms with Gasteiger partial charge in [-0.15, -0.1) is 0 Å². The first-order chi connectivity index (χ1) is 4.77. The second kappa shape index (κ2) is 1.66. The Balaban J connectivity index is 2.59. The molecule has 1 aromatic carbocycles. The van der Waals surface area contributed by atoms with Crippen LogP contribution in [0.2, 0.25) is 0 Å². The molecule has 0 unspecified atom stereocenters. The first kappa shape index (κ1) is 5.59. The van der Waals surface area contributed by atoms with Crippen molar-refractivity contribution in [3.05, 3.63) is 35.1 Å². The summed E-state index contributed by atoms with van der Waals surface area (Å²) in [6.07, 6.45) is 0.410. The van der Waals surface area contributed by atoms with Gasteiger partial charge < -0.3 is 0 Å². The van der Waals surface area contributed by atoms with Crippen LogP contribution >= 0.6 is 0 Å². The molecule has 0 aromatic heterocycles. The fourth-order valence-electron chi connectivity index (χ4n) is 1.14. The van der Waals surface area contributed by atoms with Gasteiger partial charge in [0.2, 0.25) is 0 Å². The SMILES string of the molecule is O=C1Cc2cc(F)ccc21. The average molecular weight is 136 g/mol. The van der Waals surface area contributed by atoms with E-state index in [1.807, 2.05) is 0 Å². The van der Waals surface area contributed by atoms with Crippen molar-refractivity contribution in [2.75, 3.05) is 0 Å². The van der Waals surface area contributed by atoms with Gasteiger partial charge in [-0.3, -0.25) is 4.79 Å². The largest absolute Gasteiger partial charge is 0.294 e. The number of carbonyl (C=O) groups is 1. The molecule has 1 aromatic rings. The lowest BCUT2D eigenvalue weighted by atomic mass is 9.87. The van der Waals surface area contributed by atoms with Gasteiger partial charge in [-0.05, 0) is 23.8 Å². The number of halogens is 1. The van der Waals surface area contributed by atoms with Gasteiger partial charge in [-0.1, -0.05) is 0 Å². The van der Waals surface area contributed by atoms with E-state index in [0.717, 1.165) is 5.56 Å². The minimum Gasteiger partial charge on any atom is -0.294 e. The third-order valence-corrected chi connectivity index (χ3v) is 1.72. The number of fused-ring (bicyclic) bond motifs is 1. The summed E-state index contributed by atoms with van der Waals surface area (Å²) in [4.78, 5) is 10.7. The molecule has 1 aliphatic carbocycles. The highest BCUT2D eigenvalue weighted by Gasteiger charge is 2.22. The molecule has 50 valence electrons. The Morgan fingerprint density at radius 1 is 1.40 bits per heavy atom. The second-order valence-corrected chi connectivity index (χ2v) is 2.40. The van der Waals surface area contributed by atoms with Crippen molar-refractivity contribution >= 4 is 5.78 Å². The van der Waals surface area contributed by atoms with Gasteiger partial charge in [0.1, 0.15) is 5.82 Å². The van der Waals surface area contributed by atoms with Crippen LogP contribution in [-0.2, 0) is 6.42 Å². The summed E-state index contributed by atoms with van der Waals surface area (Å²) in [6.45, 7) is 0. The lowest BCUT2D eigenvalue weighted by Crippen LogP contribution is -2.18. The normalized spacial score (nSPS) is 14.3. The summed E-state index contributed by atoms with van der Waals surface area (Å²) in [5.74, 6) is -0.138. The predicted octanol–water partition coefficient (Wildman–Crippen LogP) is 1.56. The van der Waals surface area contributed by atoms with Crippen molar-refractivity contribution < 1.29 is 9.18 Å². The van der Waals surface area contributed by atoms with Crippen LogP contribution < -0.4 is 0 Å². The van der Waals surface area contributed by atoms with E-state index >= 15 is 0 Å². The van der Waals surface area contributed by atoms with E-state index in [2.05, 4.69) is 0 Å². The van der Waals surface area contributed by atoms with Crippen molar-refractivity contribution in [2.45, 2.75) is 6.42 Å². The van der Waals surface area contributed by atoms with Crippen LogP contribution in [0, 0.1) is 5.82 Å². The van der Waals surface area contributed by atoms with E-state index < -0.39 is 0 Å². The van der Waals surface area contributed by atoms with Crippen LogP contribution in [0.15, 0.2) is 18.2 Å². The van der Waals surface area contributed by atoms with Crippen molar-refractivity contribution in [3.8, 4) is 0 Å². The molecule has 0 saturated carbocycles. The average Bonchev–Trinajstić information content (AvgIpc) is 1.86. The van der Waals surface area contributed by atoms with Crippen LogP contribution in [0.1, 0.15) is 15.9 Å². The minimum atomic E-state index is -0.258. The van der Waals surface area contributed by atoms with Gasteiger partial charge in [-0.2, -0.15) is 0 Å². The zero-order valence-corrected chi connectivity index (χ0v) is 5.23. The first-order valence-electron chi connectivity index (χ1n) is 3.09. The Labute approximate surface area is 57.5 Å². The molecule has 1 aliphatic rings. The Morgan fingerprint density at radius 3 is 2.80 bits per heavy atom. The molecule has 0 amide bonds. The van der Waals surface area contributed by atoms with E-state index in [0.29, 0.717) is 12.0 Å². The minimum absolute atomic E-state index is 0.120. The molecule has 2 rings (SSSR count). The predicted molar refractivity (Wildman–Crippen MR) is 34.4 cm³/mol. The molecular weight excluding hydrogens is 131 g/mol. The molecule has 10 heavy (non-hydrogen) atoms. The summed E-state index contributed by atoms with van der Waals surface area (Å²) >= 11 is 0. The smallest absolute Gasteiger partial charge is 0.167 e. The topological polar surface area (TPSA) is 17.1 Å². The molecular formula is C8H5FO. The van der Waals surface area contributed by atoms with Gasteiger partial charge in [0, 0.05) is 12.0 Å². The second-order valence-electron chi connectivity index (χ2n) is 2.40. The van der Waals surface area contributed by atoms with Gasteiger partial charge in [0.05, 0.1) is 0 Å². The number of carbonyl (C=O) groups excluding carboxylic acids is 1. The highest BCUT2D eigenvalue weighted by atomic mass is 19.1. The van der Waals surface area contributed by atoms with Gasteiger partial charge in [-0.25, -0.2) is 4.39 Å². The zero-order chi connectivity index (χ0) is 7.14. The molecule has 0 radical (unpaired) electrons. The standard InChI is InChI=1S/C8H5FO/c9-6-1-2-7-5(3-6)4-8(7)10/h1-3H,4H2. The Hall–Kier alpha value is -1.18. The number of benzene rings is 1. The third-order valence-electron chi connectivity index (χ3n) is 1.72. The molecule has 0 saturated heterocycles. The molecule has 0 N–H and O–H groups in total. The fourth-order valence-corrected chi connectivity index (χ4v) is 1.14. The lowest BCUT2D eigenvalue weighted by molar-refractivity contribution is 0.0968. The van der Waals surface area contributed by atoms with E-state index in [9.17, 15) is 9.18 Å². The summed E-state index contributed by atoms with van der Waals surface area (Å²) < 4.78 is 12.4. The molecule has 0 heterocycles. The Bertz CT molecular complexity index is 304. The monoisotopic (exact) mass is 136 g/mol. The fraction of sp³-hybridized carbons (Fsp3) is 0.125. The zero-order valence-electron chi connectivity index (χ0n) is 5.23. The van der Waals surface area contributed by atoms with Crippen molar-refractivity contribution in [1.29, 1.82) is 0 Å². The van der Waals surface area contributed by atoms with E-state index in [-0.39, 0.29) is 11.6 Å². The number of ketones is 1. The Kier molecular flexibility index (Phi) is 0.926. The molecule has 0 bridgehead atoms. The number of hydrogen-bond donors (Lipinski definition) is 0. The van der Waals surface area contributed by atoms with E-state index in [1.165, 1.54) is 18.2 Å². The molecule has 0 aliphatic heterocycles. The van der Waals surface area contributed by atoms with Crippen molar-refractivity contribution in [2.24, 2.45) is 0 Å². The molecule has 0 spiro atoms. The Morgan fingerprint density at radius 2 is 2.20 bits per heavy atom. The van der Waals surface area contributed by atoms with Crippen LogP contribution in [0.5, 0.6) is 0 Å². The molecule has 0 atom stereocenters. The first-order valence-corrected chi connectivity index (χ1v) is 3.09. The summed E-state index contributed by atoms with van der Waals surface area (Å²) in [5.41, 5.74) is 1.52. The van der Waals surface area contributed by atoms with Gasteiger partial charge >= 0.3 is 0 Å². The maximum atomic E-state index is 12.4. The van der Waals surface area contributed by atoms with Gasteiger partial charge in [0.15, 0.2) is 5.78 Å². The highest BCUT2D eigenvalue weighted by molar-refractivity contribution is 6.06. The van der Waals surface area contributed by atoms with Crippen LogP contribution in [0.3, 0.4) is 0 Å². The van der Waals surface area contributed by atoms with Crippen molar-refractivity contribution in [3.63, 3.8) is 0 Å². The number of rotatable bonds is 0. The third kappa shape index (κ3) is 0.588. The van der Waals surface area contributed by atoms with Crippen LogP contribution in [0.4, 0.5) is 4.39 Å². The number of hydrogen-bond acceptors (Lipinski definition) is 1. The van der Waals surface area contributed by atoms with Crippen LogP contribution in [0.25, 0.3) is 0 Å². The molecule has 2 heteroatoms. The van der Waals surface area contributed by atoms with Gasteiger partial charge in [0.25, 0.3) is 0 Å².